The average Bonchev–Trinajstić information content (AvgIpc) is 3.47. The van der Waals surface area contributed by atoms with E-state index in [4.69, 9.17) is 10.00 Å². The highest BCUT2D eigenvalue weighted by Gasteiger charge is 2.37. The molecule has 12 heteroatoms. The third-order valence-electron chi connectivity index (χ3n) is 5.74. The standard InChI is InChI=1S/C25H22F3N5O4/c26-25(27,28)37-22-4-2-1-3-19(22)15-36-24(35)33-10-9-21(23(33)34)31-13-20-12-30-16-32(20)14-18-7-5-17(11-29)6-8-18/h1-8,12,16,21,31H,9-10,13-15H2/t21-/m1/s1. The maximum absolute atomic E-state index is 12.7. The van der Waals surface area contributed by atoms with Crippen LogP contribution in [0.25, 0.3) is 0 Å². The first-order valence-corrected chi connectivity index (χ1v) is 11.3. The molecule has 0 aliphatic carbocycles. The Balaban J connectivity index is 1.30. The molecule has 0 saturated carbocycles. The minimum atomic E-state index is -4.89. The maximum Gasteiger partial charge on any atom is 0.573 e. The van der Waals surface area contributed by atoms with Gasteiger partial charge in [0.2, 0.25) is 5.91 Å². The normalized spacial score (nSPS) is 15.5. The average molecular weight is 513 g/mol. The lowest BCUT2D eigenvalue weighted by Gasteiger charge is -2.17. The summed E-state index contributed by atoms with van der Waals surface area (Å²) in [7, 11) is 0. The van der Waals surface area contributed by atoms with E-state index >= 15 is 0 Å². The molecule has 4 rings (SSSR count). The molecule has 1 fully saturated rings. The van der Waals surface area contributed by atoms with Crippen LogP contribution in [0.15, 0.2) is 61.1 Å². The Morgan fingerprint density at radius 1 is 1.19 bits per heavy atom. The number of para-hydroxylation sites is 1. The highest BCUT2D eigenvalue weighted by Crippen LogP contribution is 2.27. The number of nitriles is 1. The van der Waals surface area contributed by atoms with Gasteiger partial charge in [0.1, 0.15) is 12.4 Å². The number of hydrogen-bond acceptors (Lipinski definition) is 7. The predicted octanol–water partition coefficient (Wildman–Crippen LogP) is 3.73. The van der Waals surface area contributed by atoms with Crippen molar-refractivity contribution in [3.05, 3.63) is 83.4 Å². The van der Waals surface area contributed by atoms with E-state index < -0.39 is 36.8 Å². The molecule has 2 amide bonds. The van der Waals surface area contributed by atoms with E-state index in [2.05, 4.69) is 21.1 Å². The van der Waals surface area contributed by atoms with Crippen LogP contribution in [-0.4, -0.2) is 45.4 Å². The van der Waals surface area contributed by atoms with Crippen molar-refractivity contribution >= 4 is 12.0 Å². The second-order valence-electron chi connectivity index (χ2n) is 8.24. The Bertz CT molecular complexity index is 1300. The number of imidazole rings is 1. The van der Waals surface area contributed by atoms with Crippen molar-refractivity contribution in [2.24, 2.45) is 0 Å². The molecule has 0 spiro atoms. The van der Waals surface area contributed by atoms with Gasteiger partial charge < -0.3 is 19.4 Å². The van der Waals surface area contributed by atoms with Crippen LogP contribution in [-0.2, 0) is 29.2 Å². The minimum absolute atomic E-state index is 0.0185. The fraction of sp³-hybridized carbons (Fsp3) is 0.280. The number of hydrogen-bond donors (Lipinski definition) is 1. The van der Waals surface area contributed by atoms with E-state index in [0.29, 0.717) is 25.1 Å². The third-order valence-corrected chi connectivity index (χ3v) is 5.74. The number of rotatable bonds is 8. The number of imide groups is 1. The van der Waals surface area contributed by atoms with Crippen molar-refractivity contribution in [3.63, 3.8) is 0 Å². The zero-order valence-corrected chi connectivity index (χ0v) is 19.4. The van der Waals surface area contributed by atoms with Gasteiger partial charge in [-0.25, -0.2) is 14.7 Å². The number of carbonyl (C=O) groups is 2. The summed E-state index contributed by atoms with van der Waals surface area (Å²) < 4.78 is 48.7. The van der Waals surface area contributed by atoms with Crippen LogP contribution in [0.1, 0.15) is 28.8 Å². The Kier molecular flexibility index (Phi) is 7.74. The molecule has 0 bridgehead atoms. The van der Waals surface area contributed by atoms with Crippen LogP contribution in [0.2, 0.25) is 0 Å². The summed E-state index contributed by atoms with van der Waals surface area (Å²) >= 11 is 0. The number of carbonyl (C=O) groups excluding carboxylic acids is 2. The molecule has 0 unspecified atom stereocenters. The van der Waals surface area contributed by atoms with Crippen molar-refractivity contribution in [1.29, 1.82) is 5.26 Å². The predicted molar refractivity (Wildman–Crippen MR) is 123 cm³/mol. The highest BCUT2D eigenvalue weighted by molar-refractivity contribution is 5.96. The molecule has 2 heterocycles. The molecule has 2 aromatic carbocycles. The van der Waals surface area contributed by atoms with Crippen LogP contribution >= 0.6 is 0 Å². The van der Waals surface area contributed by atoms with E-state index in [9.17, 15) is 22.8 Å². The van der Waals surface area contributed by atoms with Crippen molar-refractivity contribution in [3.8, 4) is 11.8 Å². The Morgan fingerprint density at radius 3 is 2.68 bits per heavy atom. The number of aromatic nitrogens is 2. The molecule has 1 N–H and O–H groups in total. The number of amides is 2. The SMILES string of the molecule is N#Cc1ccc(Cn2cncc2CN[C@@H]2CCN(C(=O)OCc3ccccc3OC(F)(F)F)C2=O)cc1. The van der Waals surface area contributed by atoms with Gasteiger partial charge in [0, 0.05) is 31.4 Å². The number of nitrogens with one attached hydrogen (secondary N) is 1. The summed E-state index contributed by atoms with van der Waals surface area (Å²) in [5.41, 5.74) is 2.38. The zero-order valence-electron chi connectivity index (χ0n) is 19.4. The monoisotopic (exact) mass is 513 g/mol. The van der Waals surface area contributed by atoms with E-state index in [0.717, 1.165) is 22.2 Å². The van der Waals surface area contributed by atoms with Crippen LogP contribution in [0.3, 0.4) is 0 Å². The fourth-order valence-electron chi connectivity index (χ4n) is 3.86. The van der Waals surface area contributed by atoms with Gasteiger partial charge in [-0.2, -0.15) is 5.26 Å². The lowest BCUT2D eigenvalue weighted by Crippen LogP contribution is -2.41. The molecule has 1 aromatic heterocycles. The first-order chi connectivity index (χ1) is 17.7. The van der Waals surface area contributed by atoms with Gasteiger partial charge in [0.25, 0.3) is 0 Å². The number of ether oxygens (including phenoxy) is 2. The van der Waals surface area contributed by atoms with E-state index in [1.807, 2.05) is 16.7 Å². The van der Waals surface area contributed by atoms with E-state index in [-0.39, 0.29) is 12.1 Å². The summed E-state index contributed by atoms with van der Waals surface area (Å²) in [5.74, 6) is -0.962. The lowest BCUT2D eigenvalue weighted by molar-refractivity contribution is -0.275. The molecule has 1 saturated heterocycles. The third kappa shape index (κ3) is 6.65. The highest BCUT2D eigenvalue weighted by atomic mass is 19.4. The molecule has 1 aliphatic heterocycles. The summed E-state index contributed by atoms with van der Waals surface area (Å²) in [6.07, 6.45) is -2.15. The first-order valence-electron chi connectivity index (χ1n) is 11.3. The summed E-state index contributed by atoms with van der Waals surface area (Å²) in [5, 5.41) is 12.1. The van der Waals surface area contributed by atoms with Gasteiger partial charge in [-0.3, -0.25) is 4.79 Å². The maximum atomic E-state index is 12.7. The molecule has 3 aromatic rings. The molecular formula is C25H22F3N5O4. The molecule has 192 valence electrons. The molecule has 1 aliphatic rings. The molecule has 1 atom stereocenters. The van der Waals surface area contributed by atoms with Gasteiger partial charge in [-0.05, 0) is 30.2 Å². The van der Waals surface area contributed by atoms with Gasteiger partial charge in [-0.15, -0.1) is 13.2 Å². The van der Waals surface area contributed by atoms with Crippen LogP contribution in [0.5, 0.6) is 5.75 Å². The topological polar surface area (TPSA) is 109 Å². The Morgan fingerprint density at radius 2 is 1.95 bits per heavy atom. The van der Waals surface area contributed by atoms with Crippen LogP contribution < -0.4 is 10.1 Å². The van der Waals surface area contributed by atoms with Crippen molar-refractivity contribution in [1.82, 2.24) is 19.8 Å². The van der Waals surface area contributed by atoms with Gasteiger partial charge in [0.05, 0.1) is 29.7 Å². The smallest absolute Gasteiger partial charge is 0.444 e. The number of nitrogens with zero attached hydrogens (tertiary/aromatic N) is 4. The zero-order chi connectivity index (χ0) is 26.4. The number of likely N-dealkylation sites (tertiary alicyclic amines) is 1. The number of benzene rings is 2. The van der Waals surface area contributed by atoms with Crippen LogP contribution in [0.4, 0.5) is 18.0 Å². The number of halogens is 3. The minimum Gasteiger partial charge on any atom is -0.444 e. The second-order valence-corrected chi connectivity index (χ2v) is 8.24. The fourth-order valence-corrected chi connectivity index (χ4v) is 3.86. The molecular weight excluding hydrogens is 491 g/mol. The van der Waals surface area contributed by atoms with Crippen molar-refractivity contribution < 1.29 is 32.2 Å². The largest absolute Gasteiger partial charge is 0.573 e. The first kappa shape index (κ1) is 25.7. The quantitative estimate of drug-likeness (QED) is 0.489. The summed E-state index contributed by atoms with van der Waals surface area (Å²) in [6.45, 7) is 0.471. The number of alkyl halides is 3. The summed E-state index contributed by atoms with van der Waals surface area (Å²) in [6, 6.07) is 13.9. The second kappa shape index (κ2) is 11.1. The molecule has 9 nitrogen and oxygen atoms in total. The lowest BCUT2D eigenvalue weighted by atomic mass is 10.1. The van der Waals surface area contributed by atoms with Gasteiger partial charge in [-0.1, -0.05) is 30.3 Å². The molecule has 37 heavy (non-hydrogen) atoms. The van der Waals surface area contributed by atoms with Crippen LogP contribution in [0, 0.1) is 11.3 Å². The Hall–Kier alpha value is -4.37. The summed E-state index contributed by atoms with van der Waals surface area (Å²) in [4.78, 5) is 30.3. The Labute approximate surface area is 210 Å². The van der Waals surface area contributed by atoms with Gasteiger partial charge >= 0.3 is 12.5 Å². The van der Waals surface area contributed by atoms with Crippen molar-refractivity contribution in [2.45, 2.75) is 38.5 Å². The van der Waals surface area contributed by atoms with E-state index in [1.54, 1.807) is 24.7 Å². The van der Waals surface area contributed by atoms with E-state index in [1.165, 1.54) is 18.2 Å². The van der Waals surface area contributed by atoms with Crippen molar-refractivity contribution in [2.75, 3.05) is 6.54 Å². The molecule has 0 radical (unpaired) electrons. The van der Waals surface area contributed by atoms with Gasteiger partial charge in [0.15, 0.2) is 0 Å².